The number of rotatable bonds is 7. The van der Waals surface area contributed by atoms with E-state index in [0.717, 1.165) is 44.3 Å². The first-order valence-corrected chi connectivity index (χ1v) is 9.85. The molecule has 0 bridgehead atoms. The highest BCUT2D eigenvalue weighted by Crippen LogP contribution is 2.39. The van der Waals surface area contributed by atoms with Gasteiger partial charge in [0.15, 0.2) is 0 Å². The molecule has 0 saturated heterocycles. The molecule has 0 aromatic carbocycles. The number of hydrogen-bond acceptors (Lipinski definition) is 2. The molecule has 0 radical (unpaired) electrons. The van der Waals surface area contributed by atoms with Crippen LogP contribution in [0.25, 0.3) is 0 Å². The molecule has 1 atom stereocenters. The Bertz CT molecular complexity index is 534. The van der Waals surface area contributed by atoms with Crippen molar-refractivity contribution < 1.29 is 9.59 Å². The maximum atomic E-state index is 13.0. The standard InChI is InChI=1S/C20H32N2O2/c1-4-11-21(13-15-9-10-15)19(23)12-17-16-7-5-6-8-18(16)22(14(2)3)20(17)24/h14-15,18H,4-13H2,1-3H3. The minimum atomic E-state index is 0.128. The molecule has 2 amide bonds. The van der Waals surface area contributed by atoms with Gasteiger partial charge in [-0.25, -0.2) is 0 Å². The van der Waals surface area contributed by atoms with E-state index in [4.69, 9.17) is 0 Å². The van der Waals surface area contributed by atoms with Gasteiger partial charge in [0, 0.05) is 24.7 Å². The Balaban J connectivity index is 1.75. The maximum Gasteiger partial charge on any atom is 0.251 e. The van der Waals surface area contributed by atoms with Gasteiger partial charge in [-0.2, -0.15) is 0 Å². The van der Waals surface area contributed by atoms with Gasteiger partial charge < -0.3 is 9.80 Å². The first-order valence-electron chi connectivity index (χ1n) is 9.85. The summed E-state index contributed by atoms with van der Waals surface area (Å²) in [6.45, 7) is 8.01. The van der Waals surface area contributed by atoms with Crippen LogP contribution in [0, 0.1) is 5.92 Å². The maximum absolute atomic E-state index is 13.0. The predicted octanol–water partition coefficient (Wildman–Crippen LogP) is 3.51. The van der Waals surface area contributed by atoms with Crippen molar-refractivity contribution in [2.45, 2.75) is 84.2 Å². The Hall–Kier alpha value is -1.32. The summed E-state index contributed by atoms with van der Waals surface area (Å²) in [7, 11) is 0. The molecular formula is C20H32N2O2. The normalized spacial score (nSPS) is 23.9. The molecule has 2 saturated carbocycles. The molecule has 0 N–H and O–H groups in total. The number of carbonyl (C=O) groups is 2. The molecule has 3 aliphatic rings. The fourth-order valence-electron chi connectivity index (χ4n) is 4.33. The van der Waals surface area contributed by atoms with Crippen LogP contribution in [0.2, 0.25) is 0 Å². The van der Waals surface area contributed by atoms with Gasteiger partial charge in [-0.3, -0.25) is 9.59 Å². The van der Waals surface area contributed by atoms with Crippen molar-refractivity contribution in [1.29, 1.82) is 0 Å². The quantitative estimate of drug-likeness (QED) is 0.716. The van der Waals surface area contributed by atoms with Crippen molar-refractivity contribution in [3.8, 4) is 0 Å². The molecule has 0 aromatic rings. The Morgan fingerprint density at radius 1 is 1.25 bits per heavy atom. The summed E-state index contributed by atoms with van der Waals surface area (Å²) in [5, 5.41) is 0. The van der Waals surface area contributed by atoms with Crippen LogP contribution in [0.4, 0.5) is 0 Å². The summed E-state index contributed by atoms with van der Waals surface area (Å²) in [4.78, 5) is 29.9. The molecule has 134 valence electrons. The van der Waals surface area contributed by atoms with Gasteiger partial charge in [0.1, 0.15) is 0 Å². The second kappa shape index (κ2) is 7.28. The Morgan fingerprint density at radius 2 is 2.00 bits per heavy atom. The van der Waals surface area contributed by atoms with E-state index in [2.05, 4.69) is 20.8 Å². The number of amides is 2. The molecule has 1 aliphatic heterocycles. The van der Waals surface area contributed by atoms with E-state index in [1.54, 1.807) is 0 Å². The van der Waals surface area contributed by atoms with Crippen LogP contribution < -0.4 is 0 Å². The molecule has 0 spiro atoms. The monoisotopic (exact) mass is 332 g/mol. The smallest absolute Gasteiger partial charge is 0.251 e. The van der Waals surface area contributed by atoms with Crippen LogP contribution in [0.15, 0.2) is 11.1 Å². The van der Waals surface area contributed by atoms with Crippen molar-refractivity contribution in [2.24, 2.45) is 5.92 Å². The highest BCUT2D eigenvalue weighted by molar-refractivity contribution is 6.02. The van der Waals surface area contributed by atoms with Crippen molar-refractivity contribution in [2.75, 3.05) is 13.1 Å². The summed E-state index contributed by atoms with van der Waals surface area (Å²) >= 11 is 0. The third-order valence-electron chi connectivity index (χ3n) is 5.70. The SMILES string of the molecule is CCCN(CC1CC1)C(=O)CC1=C2CCCCC2N(C(C)C)C1=O. The lowest BCUT2D eigenvalue weighted by atomic mass is 9.88. The van der Waals surface area contributed by atoms with Crippen LogP contribution in [0.1, 0.15) is 72.1 Å². The van der Waals surface area contributed by atoms with Crippen LogP contribution >= 0.6 is 0 Å². The first-order chi connectivity index (χ1) is 11.5. The summed E-state index contributed by atoms with van der Waals surface area (Å²) in [6.07, 6.45) is 8.22. The number of nitrogens with zero attached hydrogens (tertiary/aromatic N) is 2. The van der Waals surface area contributed by atoms with Crippen molar-refractivity contribution in [3.05, 3.63) is 11.1 Å². The van der Waals surface area contributed by atoms with E-state index in [1.165, 1.54) is 24.8 Å². The van der Waals surface area contributed by atoms with Crippen LogP contribution in [-0.4, -0.2) is 46.8 Å². The molecule has 0 aromatic heterocycles. The van der Waals surface area contributed by atoms with Gasteiger partial charge >= 0.3 is 0 Å². The zero-order chi connectivity index (χ0) is 17.3. The molecule has 4 nitrogen and oxygen atoms in total. The second-order valence-corrected chi connectivity index (χ2v) is 8.03. The Morgan fingerprint density at radius 3 is 2.62 bits per heavy atom. The van der Waals surface area contributed by atoms with E-state index in [0.29, 0.717) is 12.3 Å². The van der Waals surface area contributed by atoms with Gasteiger partial charge in [-0.15, -0.1) is 0 Å². The molecule has 1 unspecified atom stereocenters. The van der Waals surface area contributed by atoms with Crippen molar-refractivity contribution in [1.82, 2.24) is 9.80 Å². The van der Waals surface area contributed by atoms with Crippen LogP contribution in [0.5, 0.6) is 0 Å². The lowest BCUT2D eigenvalue weighted by Gasteiger charge is -2.33. The van der Waals surface area contributed by atoms with Crippen LogP contribution in [0.3, 0.4) is 0 Å². The molecule has 2 fully saturated rings. The van der Waals surface area contributed by atoms with E-state index < -0.39 is 0 Å². The number of carbonyl (C=O) groups excluding carboxylic acids is 2. The lowest BCUT2D eigenvalue weighted by molar-refractivity contribution is -0.134. The van der Waals surface area contributed by atoms with Crippen molar-refractivity contribution >= 4 is 11.8 Å². The number of fused-ring (bicyclic) bond motifs is 1. The Labute approximate surface area is 146 Å². The number of hydrogen-bond donors (Lipinski definition) is 0. The zero-order valence-corrected chi connectivity index (χ0v) is 15.5. The minimum absolute atomic E-state index is 0.128. The predicted molar refractivity (Wildman–Crippen MR) is 95.5 cm³/mol. The highest BCUT2D eigenvalue weighted by atomic mass is 16.2. The third-order valence-corrected chi connectivity index (χ3v) is 5.70. The van der Waals surface area contributed by atoms with Crippen molar-refractivity contribution in [3.63, 3.8) is 0 Å². The highest BCUT2D eigenvalue weighted by Gasteiger charge is 2.42. The molecular weight excluding hydrogens is 300 g/mol. The van der Waals surface area contributed by atoms with Gasteiger partial charge in [0.2, 0.25) is 5.91 Å². The molecule has 24 heavy (non-hydrogen) atoms. The average molecular weight is 332 g/mol. The van der Waals surface area contributed by atoms with Gasteiger partial charge in [-0.05, 0) is 63.9 Å². The van der Waals surface area contributed by atoms with Gasteiger partial charge in [-0.1, -0.05) is 13.3 Å². The first kappa shape index (κ1) is 17.5. The van der Waals surface area contributed by atoms with E-state index in [9.17, 15) is 9.59 Å². The average Bonchev–Trinajstić information content (AvgIpc) is 3.32. The zero-order valence-electron chi connectivity index (χ0n) is 15.5. The summed E-state index contributed by atoms with van der Waals surface area (Å²) in [6, 6.07) is 0.471. The van der Waals surface area contributed by atoms with E-state index in [-0.39, 0.29) is 23.9 Å². The summed E-state index contributed by atoms with van der Waals surface area (Å²) in [5.74, 6) is 0.990. The Kier molecular flexibility index (Phi) is 5.31. The molecule has 4 heteroatoms. The fraction of sp³-hybridized carbons (Fsp3) is 0.800. The summed E-state index contributed by atoms with van der Waals surface area (Å²) < 4.78 is 0. The largest absolute Gasteiger partial charge is 0.342 e. The van der Waals surface area contributed by atoms with Crippen LogP contribution in [-0.2, 0) is 9.59 Å². The summed E-state index contributed by atoms with van der Waals surface area (Å²) in [5.41, 5.74) is 2.10. The fourth-order valence-corrected chi connectivity index (χ4v) is 4.33. The minimum Gasteiger partial charge on any atom is -0.342 e. The van der Waals surface area contributed by atoms with E-state index >= 15 is 0 Å². The molecule has 2 aliphatic carbocycles. The van der Waals surface area contributed by atoms with Gasteiger partial charge in [0.05, 0.1) is 12.5 Å². The second-order valence-electron chi connectivity index (χ2n) is 8.03. The topological polar surface area (TPSA) is 40.6 Å². The third kappa shape index (κ3) is 3.52. The van der Waals surface area contributed by atoms with Gasteiger partial charge in [0.25, 0.3) is 5.91 Å². The lowest BCUT2D eigenvalue weighted by Crippen LogP contribution is -2.42. The molecule has 3 rings (SSSR count). The van der Waals surface area contributed by atoms with E-state index in [1.807, 2.05) is 9.80 Å². The molecule has 1 heterocycles.